The third kappa shape index (κ3) is 5.31. The first kappa shape index (κ1) is 14.8. The zero-order chi connectivity index (χ0) is 12.8. The molecule has 0 aromatic heterocycles. The Bertz CT molecular complexity index is 383. The average Bonchev–Trinajstić information content (AvgIpc) is 2.26. The van der Waals surface area contributed by atoms with Crippen LogP contribution in [0.2, 0.25) is 0 Å². The molecule has 0 amide bonds. The Balaban J connectivity index is 2.43. The SMILES string of the molecule is COC(=O)C(I)CNCc1cc(F)cc(Br)c1. The van der Waals surface area contributed by atoms with Crippen LogP contribution in [0.15, 0.2) is 22.7 Å². The number of hydrogen-bond donors (Lipinski definition) is 1. The second-order valence-corrected chi connectivity index (χ2v) is 5.82. The first-order valence-electron chi connectivity index (χ1n) is 4.90. The van der Waals surface area contributed by atoms with E-state index in [9.17, 15) is 9.18 Å². The van der Waals surface area contributed by atoms with Crippen molar-refractivity contribution in [2.75, 3.05) is 13.7 Å². The Morgan fingerprint density at radius 1 is 1.59 bits per heavy atom. The Morgan fingerprint density at radius 3 is 2.88 bits per heavy atom. The number of alkyl halides is 1. The van der Waals surface area contributed by atoms with Crippen LogP contribution in [-0.4, -0.2) is 23.5 Å². The van der Waals surface area contributed by atoms with Crippen LogP contribution < -0.4 is 5.32 Å². The molecule has 0 aliphatic rings. The minimum atomic E-state index is -0.282. The number of benzene rings is 1. The monoisotopic (exact) mass is 415 g/mol. The van der Waals surface area contributed by atoms with Gasteiger partial charge in [-0.2, -0.15) is 0 Å². The van der Waals surface area contributed by atoms with E-state index < -0.39 is 0 Å². The molecule has 0 aliphatic carbocycles. The fraction of sp³-hybridized carbons (Fsp3) is 0.364. The van der Waals surface area contributed by atoms with Crippen molar-refractivity contribution in [3.63, 3.8) is 0 Å². The molecular weight excluding hydrogens is 404 g/mol. The molecular formula is C11H12BrFINO2. The topological polar surface area (TPSA) is 38.3 Å². The van der Waals surface area contributed by atoms with Gasteiger partial charge in [-0.3, -0.25) is 4.79 Å². The number of esters is 1. The molecule has 1 aromatic carbocycles. The van der Waals surface area contributed by atoms with E-state index >= 15 is 0 Å². The molecule has 0 aliphatic heterocycles. The van der Waals surface area contributed by atoms with Gasteiger partial charge < -0.3 is 10.1 Å². The zero-order valence-corrected chi connectivity index (χ0v) is 12.9. The Morgan fingerprint density at radius 2 is 2.29 bits per heavy atom. The van der Waals surface area contributed by atoms with E-state index in [4.69, 9.17) is 0 Å². The van der Waals surface area contributed by atoms with Gasteiger partial charge in [0.25, 0.3) is 0 Å². The van der Waals surface area contributed by atoms with Crippen LogP contribution in [0.25, 0.3) is 0 Å². The lowest BCUT2D eigenvalue weighted by Gasteiger charge is -2.09. The van der Waals surface area contributed by atoms with Gasteiger partial charge in [-0.15, -0.1) is 0 Å². The summed E-state index contributed by atoms with van der Waals surface area (Å²) in [6, 6.07) is 4.69. The maximum Gasteiger partial charge on any atom is 0.319 e. The summed E-state index contributed by atoms with van der Waals surface area (Å²) in [4.78, 5) is 11.1. The van der Waals surface area contributed by atoms with Gasteiger partial charge in [0.05, 0.1) is 7.11 Å². The number of ether oxygens (including phenoxy) is 1. The summed E-state index contributed by atoms with van der Waals surface area (Å²) in [5, 5.41) is 3.08. The van der Waals surface area contributed by atoms with Gasteiger partial charge in [-0.1, -0.05) is 38.5 Å². The summed E-state index contributed by atoms with van der Waals surface area (Å²) in [5.41, 5.74) is 0.824. The normalized spacial score (nSPS) is 12.2. The van der Waals surface area contributed by atoms with Crippen LogP contribution in [0.5, 0.6) is 0 Å². The van der Waals surface area contributed by atoms with Crippen molar-refractivity contribution in [2.24, 2.45) is 0 Å². The van der Waals surface area contributed by atoms with E-state index in [-0.39, 0.29) is 15.7 Å². The minimum Gasteiger partial charge on any atom is -0.468 e. The van der Waals surface area contributed by atoms with Crippen molar-refractivity contribution in [3.8, 4) is 0 Å². The molecule has 1 aromatic rings. The van der Waals surface area contributed by atoms with E-state index in [0.717, 1.165) is 5.56 Å². The Kier molecular flexibility index (Phi) is 6.35. The predicted molar refractivity (Wildman–Crippen MR) is 75.6 cm³/mol. The van der Waals surface area contributed by atoms with Crippen molar-refractivity contribution in [1.82, 2.24) is 5.32 Å². The van der Waals surface area contributed by atoms with Crippen LogP contribution in [0.3, 0.4) is 0 Å². The van der Waals surface area contributed by atoms with Crippen molar-refractivity contribution >= 4 is 44.5 Å². The van der Waals surface area contributed by atoms with E-state index in [1.165, 1.54) is 19.2 Å². The van der Waals surface area contributed by atoms with E-state index in [1.54, 1.807) is 0 Å². The van der Waals surface area contributed by atoms with Gasteiger partial charge in [0, 0.05) is 17.6 Å². The van der Waals surface area contributed by atoms with Crippen LogP contribution in [0, 0.1) is 5.82 Å². The molecule has 0 bridgehead atoms. The first-order chi connectivity index (χ1) is 8.02. The van der Waals surface area contributed by atoms with Gasteiger partial charge in [-0.25, -0.2) is 4.39 Å². The number of carbonyl (C=O) groups excluding carboxylic acids is 1. The third-order valence-electron chi connectivity index (χ3n) is 2.03. The number of methoxy groups -OCH3 is 1. The molecule has 1 atom stereocenters. The minimum absolute atomic E-state index is 0.241. The molecule has 17 heavy (non-hydrogen) atoms. The molecule has 3 nitrogen and oxygen atoms in total. The fourth-order valence-corrected chi connectivity index (χ4v) is 2.35. The highest BCUT2D eigenvalue weighted by atomic mass is 127. The summed E-state index contributed by atoms with van der Waals surface area (Å²) in [5.74, 6) is -0.548. The quantitative estimate of drug-likeness (QED) is 0.456. The highest BCUT2D eigenvalue weighted by Crippen LogP contribution is 2.14. The molecule has 1 unspecified atom stereocenters. The van der Waals surface area contributed by atoms with E-state index in [1.807, 2.05) is 28.7 Å². The van der Waals surface area contributed by atoms with Gasteiger partial charge >= 0.3 is 5.97 Å². The van der Waals surface area contributed by atoms with Crippen molar-refractivity contribution in [2.45, 2.75) is 10.5 Å². The van der Waals surface area contributed by atoms with Gasteiger partial charge in [-0.05, 0) is 23.8 Å². The lowest BCUT2D eigenvalue weighted by atomic mass is 10.2. The van der Waals surface area contributed by atoms with Crippen LogP contribution in [-0.2, 0) is 16.1 Å². The summed E-state index contributed by atoms with van der Waals surface area (Å²) in [6.07, 6.45) is 0. The molecule has 94 valence electrons. The maximum atomic E-state index is 13.1. The third-order valence-corrected chi connectivity index (χ3v) is 3.44. The number of rotatable bonds is 5. The van der Waals surface area contributed by atoms with Crippen molar-refractivity contribution in [3.05, 3.63) is 34.1 Å². The van der Waals surface area contributed by atoms with Crippen LogP contribution in [0.1, 0.15) is 5.56 Å². The summed E-state index contributed by atoms with van der Waals surface area (Å²) < 4.78 is 18.1. The molecule has 1 N–H and O–H groups in total. The number of hydrogen-bond acceptors (Lipinski definition) is 3. The van der Waals surface area contributed by atoms with Gasteiger partial charge in [0.15, 0.2) is 0 Å². The molecule has 0 saturated heterocycles. The molecule has 0 fully saturated rings. The maximum absolute atomic E-state index is 13.1. The van der Waals surface area contributed by atoms with Crippen molar-refractivity contribution < 1.29 is 13.9 Å². The standard InChI is InChI=1S/C11H12BrFINO2/c1-17-11(16)10(14)6-15-5-7-2-8(12)4-9(13)3-7/h2-4,10,15H,5-6H2,1H3. The van der Waals surface area contributed by atoms with Crippen molar-refractivity contribution in [1.29, 1.82) is 0 Å². The molecule has 1 rings (SSSR count). The Labute approximate surface area is 121 Å². The number of halogens is 3. The molecule has 0 saturated carbocycles. The predicted octanol–water partition coefficient (Wildman–Crippen LogP) is 2.65. The second kappa shape index (κ2) is 7.27. The van der Waals surface area contributed by atoms with Crippen LogP contribution >= 0.6 is 38.5 Å². The fourth-order valence-electron chi connectivity index (χ4n) is 1.27. The second-order valence-electron chi connectivity index (χ2n) is 3.40. The van der Waals surface area contributed by atoms with E-state index in [0.29, 0.717) is 17.6 Å². The van der Waals surface area contributed by atoms with Gasteiger partial charge in [0.1, 0.15) is 9.74 Å². The van der Waals surface area contributed by atoms with Gasteiger partial charge in [0.2, 0.25) is 0 Å². The lowest BCUT2D eigenvalue weighted by Crippen LogP contribution is -2.29. The van der Waals surface area contributed by atoms with E-state index in [2.05, 4.69) is 26.0 Å². The smallest absolute Gasteiger partial charge is 0.319 e. The molecule has 6 heteroatoms. The number of nitrogens with one attached hydrogen (secondary N) is 1. The zero-order valence-electron chi connectivity index (χ0n) is 9.17. The highest BCUT2D eigenvalue weighted by molar-refractivity contribution is 14.1. The first-order valence-corrected chi connectivity index (χ1v) is 6.94. The summed E-state index contributed by atoms with van der Waals surface area (Å²) in [7, 11) is 1.36. The summed E-state index contributed by atoms with van der Waals surface area (Å²) >= 11 is 5.23. The Hall–Kier alpha value is -0.210. The largest absolute Gasteiger partial charge is 0.468 e. The lowest BCUT2D eigenvalue weighted by molar-refractivity contribution is -0.139. The average molecular weight is 416 g/mol. The molecule has 0 heterocycles. The van der Waals surface area contributed by atoms with Crippen LogP contribution in [0.4, 0.5) is 4.39 Å². The highest BCUT2D eigenvalue weighted by Gasteiger charge is 2.13. The number of carbonyl (C=O) groups is 1. The molecule has 0 spiro atoms. The summed E-state index contributed by atoms with van der Waals surface area (Å²) in [6.45, 7) is 0.994. The molecule has 0 radical (unpaired) electrons.